The molecule has 1 unspecified atom stereocenters. The highest BCUT2D eigenvalue weighted by Gasteiger charge is 2.08. The minimum atomic E-state index is 0.538. The van der Waals surface area contributed by atoms with E-state index < -0.39 is 0 Å². The van der Waals surface area contributed by atoms with Gasteiger partial charge in [-0.15, -0.1) is 0 Å². The first-order valence-electron chi connectivity index (χ1n) is 6.89. The molecule has 0 aromatic carbocycles. The van der Waals surface area contributed by atoms with Crippen LogP contribution in [0.5, 0.6) is 0 Å². The summed E-state index contributed by atoms with van der Waals surface area (Å²) in [5.41, 5.74) is 1.54. The Morgan fingerprint density at radius 3 is 2.83 bits per heavy atom. The Hall–Kier alpha value is -1.40. The van der Waals surface area contributed by atoms with Crippen LogP contribution in [0.4, 0.5) is 0 Å². The molecule has 1 N–H and O–H groups in total. The number of nitrogens with zero attached hydrogens (tertiary/aromatic N) is 2. The van der Waals surface area contributed by atoms with Crippen molar-refractivity contribution < 1.29 is 0 Å². The third kappa shape index (κ3) is 4.85. The normalized spacial score (nSPS) is 12.1. The maximum atomic E-state index is 8.99. The van der Waals surface area contributed by atoms with Crippen LogP contribution >= 0.6 is 0 Å². The lowest BCUT2D eigenvalue weighted by molar-refractivity contribution is 0.433. The van der Waals surface area contributed by atoms with Gasteiger partial charge >= 0.3 is 0 Å². The molecule has 1 atom stereocenters. The van der Waals surface area contributed by atoms with Crippen molar-refractivity contribution in [1.29, 1.82) is 5.26 Å². The van der Waals surface area contributed by atoms with E-state index in [4.69, 9.17) is 5.26 Å². The van der Waals surface area contributed by atoms with Gasteiger partial charge in [-0.1, -0.05) is 39.2 Å². The highest BCUT2D eigenvalue weighted by Crippen LogP contribution is 2.09. The molecule has 18 heavy (non-hydrogen) atoms. The van der Waals surface area contributed by atoms with E-state index in [1.807, 2.05) is 12.1 Å². The second-order valence-corrected chi connectivity index (χ2v) is 4.63. The zero-order chi connectivity index (χ0) is 13.2. The Bertz CT molecular complexity index is 382. The summed E-state index contributed by atoms with van der Waals surface area (Å²) in [4.78, 5) is 4.08. The monoisotopic (exact) mass is 245 g/mol. The van der Waals surface area contributed by atoms with Gasteiger partial charge in [0, 0.05) is 24.3 Å². The van der Waals surface area contributed by atoms with Gasteiger partial charge < -0.3 is 5.32 Å². The lowest BCUT2D eigenvalue weighted by Gasteiger charge is -2.18. The van der Waals surface area contributed by atoms with E-state index in [9.17, 15) is 0 Å². The number of nitriles is 1. The van der Waals surface area contributed by atoms with Gasteiger partial charge in [-0.05, 0) is 18.9 Å². The molecule has 0 saturated heterocycles. The molecule has 0 aliphatic carbocycles. The highest BCUT2D eigenvalue weighted by molar-refractivity contribution is 5.30. The van der Waals surface area contributed by atoms with Crippen molar-refractivity contribution >= 4 is 0 Å². The fourth-order valence-corrected chi connectivity index (χ4v) is 2.08. The van der Waals surface area contributed by atoms with E-state index in [1.54, 1.807) is 6.20 Å². The fourth-order valence-electron chi connectivity index (χ4n) is 2.08. The molecule has 0 saturated carbocycles. The van der Waals surface area contributed by atoms with Crippen LogP contribution in [0.25, 0.3) is 0 Å². The number of aromatic nitrogens is 1. The molecule has 1 aromatic rings. The van der Waals surface area contributed by atoms with E-state index >= 15 is 0 Å². The standard InChI is InChI=1S/C15H23N3/c1-3-5-9-14(7-4-2)18-12-13-8-6-10-17-15(13)11-16/h6,8,10,14,18H,3-5,7,9,12H2,1-2H3. The van der Waals surface area contributed by atoms with Gasteiger partial charge in [0.1, 0.15) is 11.8 Å². The van der Waals surface area contributed by atoms with Crippen LogP contribution in [0.1, 0.15) is 57.2 Å². The van der Waals surface area contributed by atoms with E-state index in [2.05, 4.69) is 30.2 Å². The maximum Gasteiger partial charge on any atom is 0.144 e. The predicted octanol–water partition coefficient (Wildman–Crippen LogP) is 3.40. The Morgan fingerprint density at radius 2 is 2.17 bits per heavy atom. The van der Waals surface area contributed by atoms with Crippen molar-refractivity contribution in [3.8, 4) is 6.07 Å². The predicted molar refractivity (Wildman–Crippen MR) is 74.0 cm³/mol. The number of pyridine rings is 1. The van der Waals surface area contributed by atoms with Crippen LogP contribution in [-0.4, -0.2) is 11.0 Å². The molecule has 1 aromatic heterocycles. The number of rotatable bonds is 8. The van der Waals surface area contributed by atoms with Crippen LogP contribution in [0.3, 0.4) is 0 Å². The summed E-state index contributed by atoms with van der Waals surface area (Å²) in [6, 6.07) is 6.56. The summed E-state index contributed by atoms with van der Waals surface area (Å²) in [5.74, 6) is 0. The van der Waals surface area contributed by atoms with Crippen molar-refractivity contribution in [2.75, 3.05) is 0 Å². The van der Waals surface area contributed by atoms with Gasteiger partial charge in [-0.25, -0.2) is 4.98 Å². The third-order valence-electron chi connectivity index (χ3n) is 3.12. The van der Waals surface area contributed by atoms with Gasteiger partial charge in [0.15, 0.2) is 0 Å². The summed E-state index contributed by atoms with van der Waals surface area (Å²) in [6.45, 7) is 5.18. The Morgan fingerprint density at radius 1 is 1.33 bits per heavy atom. The molecule has 0 bridgehead atoms. The molecule has 3 heteroatoms. The van der Waals surface area contributed by atoms with Crippen LogP contribution in [0.15, 0.2) is 18.3 Å². The van der Waals surface area contributed by atoms with Crippen LogP contribution in [-0.2, 0) is 6.54 Å². The number of unbranched alkanes of at least 4 members (excludes halogenated alkanes) is 1. The quantitative estimate of drug-likeness (QED) is 0.763. The van der Waals surface area contributed by atoms with Gasteiger partial charge in [-0.3, -0.25) is 0 Å². The summed E-state index contributed by atoms with van der Waals surface area (Å²) in [5, 5.41) is 12.5. The van der Waals surface area contributed by atoms with Crippen LogP contribution in [0, 0.1) is 11.3 Å². The van der Waals surface area contributed by atoms with Crippen molar-refractivity contribution in [1.82, 2.24) is 10.3 Å². The second-order valence-electron chi connectivity index (χ2n) is 4.63. The summed E-state index contributed by atoms with van der Waals surface area (Å²) in [6.07, 6.45) is 7.77. The van der Waals surface area contributed by atoms with E-state index in [-0.39, 0.29) is 0 Å². The molecule has 1 heterocycles. The molecule has 0 radical (unpaired) electrons. The van der Waals surface area contributed by atoms with E-state index in [0.717, 1.165) is 12.1 Å². The van der Waals surface area contributed by atoms with E-state index in [1.165, 1.54) is 32.1 Å². The van der Waals surface area contributed by atoms with Gasteiger partial charge in [0.05, 0.1) is 0 Å². The average Bonchev–Trinajstić information content (AvgIpc) is 2.42. The van der Waals surface area contributed by atoms with Crippen molar-refractivity contribution in [3.05, 3.63) is 29.6 Å². The van der Waals surface area contributed by atoms with Crippen molar-refractivity contribution in [2.24, 2.45) is 0 Å². The Labute approximate surface area is 110 Å². The molecule has 0 amide bonds. The lowest BCUT2D eigenvalue weighted by atomic mass is 10.0. The van der Waals surface area contributed by atoms with Gasteiger partial charge in [0.2, 0.25) is 0 Å². The van der Waals surface area contributed by atoms with Crippen LogP contribution in [0.2, 0.25) is 0 Å². The first-order valence-corrected chi connectivity index (χ1v) is 6.89. The average molecular weight is 245 g/mol. The highest BCUT2D eigenvalue weighted by atomic mass is 14.9. The molecule has 0 aliphatic heterocycles. The number of hydrogen-bond donors (Lipinski definition) is 1. The second kappa shape index (κ2) is 8.66. The Kier molecular flexibility index (Phi) is 7.05. The van der Waals surface area contributed by atoms with Crippen LogP contribution < -0.4 is 5.32 Å². The smallest absolute Gasteiger partial charge is 0.144 e. The molecule has 0 fully saturated rings. The molecule has 0 aliphatic rings. The van der Waals surface area contributed by atoms with Crippen molar-refractivity contribution in [2.45, 2.75) is 58.5 Å². The SMILES string of the molecule is CCCCC(CCC)NCc1cccnc1C#N. The van der Waals surface area contributed by atoms with E-state index in [0.29, 0.717) is 11.7 Å². The lowest BCUT2D eigenvalue weighted by Crippen LogP contribution is -2.28. The summed E-state index contributed by atoms with van der Waals surface area (Å²) >= 11 is 0. The first kappa shape index (κ1) is 14.7. The zero-order valence-corrected chi connectivity index (χ0v) is 11.4. The first-order chi connectivity index (χ1) is 8.81. The summed E-state index contributed by atoms with van der Waals surface area (Å²) in [7, 11) is 0. The molecule has 0 spiro atoms. The Balaban J connectivity index is 2.52. The molecule has 3 nitrogen and oxygen atoms in total. The third-order valence-corrected chi connectivity index (χ3v) is 3.12. The number of nitrogens with one attached hydrogen (secondary N) is 1. The van der Waals surface area contributed by atoms with Gasteiger partial charge in [0.25, 0.3) is 0 Å². The van der Waals surface area contributed by atoms with Gasteiger partial charge in [-0.2, -0.15) is 5.26 Å². The molecular formula is C15H23N3. The molecule has 98 valence electrons. The summed E-state index contributed by atoms with van der Waals surface area (Å²) < 4.78 is 0. The topological polar surface area (TPSA) is 48.7 Å². The molecular weight excluding hydrogens is 222 g/mol. The fraction of sp³-hybridized carbons (Fsp3) is 0.600. The number of hydrogen-bond acceptors (Lipinski definition) is 3. The largest absolute Gasteiger partial charge is 0.310 e. The minimum Gasteiger partial charge on any atom is -0.310 e. The molecule has 1 rings (SSSR count). The zero-order valence-electron chi connectivity index (χ0n) is 11.4. The minimum absolute atomic E-state index is 0.538. The maximum absolute atomic E-state index is 8.99. The van der Waals surface area contributed by atoms with Crippen molar-refractivity contribution in [3.63, 3.8) is 0 Å².